The average molecular weight is 361 g/mol. The van der Waals surface area contributed by atoms with Crippen molar-refractivity contribution >= 4 is 11.9 Å². The van der Waals surface area contributed by atoms with E-state index in [0.717, 1.165) is 75.5 Å². The van der Waals surface area contributed by atoms with Crippen LogP contribution in [0.5, 0.6) is 0 Å². The van der Waals surface area contributed by atoms with Gasteiger partial charge in [0.25, 0.3) is 0 Å². The van der Waals surface area contributed by atoms with E-state index in [4.69, 9.17) is 4.74 Å². The number of methoxy groups -OCH3 is 1. The summed E-state index contributed by atoms with van der Waals surface area (Å²) < 4.78 is 5.44. The first-order valence-electron chi connectivity index (χ1n) is 9.93. The van der Waals surface area contributed by atoms with E-state index in [0.29, 0.717) is 5.92 Å². The van der Waals surface area contributed by atoms with Crippen LogP contribution in [0.2, 0.25) is 0 Å². The quantitative estimate of drug-likeness (QED) is 0.874. The highest BCUT2D eigenvalue weighted by molar-refractivity contribution is 5.78. The maximum atomic E-state index is 12.5. The molecule has 3 rings (SSSR count). The number of hydrogen-bond donors (Lipinski definition) is 1. The van der Waals surface area contributed by atoms with E-state index in [2.05, 4.69) is 20.2 Å². The standard InChI is InChI=1S/C20H32N4O2/c1-14-11-15(2)23-20(22-14)24-9-7-16(8-10-24)13-21-19(25)17-5-4-6-18(12-17)26-3/h11,16-18H,4-10,12-13H2,1-3H3,(H,21,25)/t17-,18-/m1/s1. The third kappa shape index (κ3) is 4.93. The average Bonchev–Trinajstić information content (AvgIpc) is 2.65. The number of anilines is 1. The molecule has 2 heterocycles. The molecule has 1 aromatic heterocycles. The van der Waals surface area contributed by atoms with E-state index < -0.39 is 0 Å². The molecule has 0 aromatic carbocycles. The minimum Gasteiger partial charge on any atom is -0.381 e. The normalized spacial score (nSPS) is 24.5. The van der Waals surface area contributed by atoms with Crippen LogP contribution >= 0.6 is 0 Å². The number of nitrogens with zero attached hydrogens (tertiary/aromatic N) is 3. The largest absolute Gasteiger partial charge is 0.381 e. The molecule has 144 valence electrons. The molecule has 1 N–H and O–H groups in total. The predicted octanol–water partition coefficient (Wildman–Crippen LogP) is 2.63. The molecule has 1 aliphatic heterocycles. The van der Waals surface area contributed by atoms with Crippen molar-refractivity contribution in [2.24, 2.45) is 11.8 Å². The minimum atomic E-state index is 0.123. The van der Waals surface area contributed by atoms with E-state index in [1.165, 1.54) is 0 Å². The lowest BCUT2D eigenvalue weighted by molar-refractivity contribution is -0.127. The molecule has 1 saturated heterocycles. The fourth-order valence-electron chi connectivity index (χ4n) is 4.17. The maximum Gasteiger partial charge on any atom is 0.225 e. The summed E-state index contributed by atoms with van der Waals surface area (Å²) in [7, 11) is 1.75. The number of aryl methyl sites for hydroxylation is 2. The molecule has 1 saturated carbocycles. The second-order valence-electron chi connectivity index (χ2n) is 7.85. The molecule has 1 aliphatic carbocycles. The Morgan fingerprint density at radius 3 is 2.54 bits per heavy atom. The van der Waals surface area contributed by atoms with Gasteiger partial charge in [-0.15, -0.1) is 0 Å². The highest BCUT2D eigenvalue weighted by atomic mass is 16.5. The highest BCUT2D eigenvalue weighted by Crippen LogP contribution is 2.26. The molecule has 1 aromatic rings. The Morgan fingerprint density at radius 1 is 1.19 bits per heavy atom. The van der Waals surface area contributed by atoms with Gasteiger partial charge in [-0.25, -0.2) is 9.97 Å². The molecule has 1 amide bonds. The van der Waals surface area contributed by atoms with E-state index in [1.807, 2.05) is 19.9 Å². The van der Waals surface area contributed by atoms with Crippen LogP contribution in [0.25, 0.3) is 0 Å². The SMILES string of the molecule is CO[C@@H]1CCC[C@@H](C(=O)NCC2CCN(c3nc(C)cc(C)n3)CC2)C1. The molecule has 0 radical (unpaired) electrons. The molecule has 2 fully saturated rings. The van der Waals surface area contributed by atoms with Crippen LogP contribution in [0.1, 0.15) is 49.9 Å². The summed E-state index contributed by atoms with van der Waals surface area (Å²) in [6.07, 6.45) is 6.42. The minimum absolute atomic E-state index is 0.123. The van der Waals surface area contributed by atoms with Crippen molar-refractivity contribution in [1.29, 1.82) is 0 Å². The smallest absolute Gasteiger partial charge is 0.225 e. The van der Waals surface area contributed by atoms with Crippen molar-refractivity contribution in [3.8, 4) is 0 Å². The summed E-state index contributed by atoms with van der Waals surface area (Å²) >= 11 is 0. The van der Waals surface area contributed by atoms with Crippen LogP contribution in [-0.2, 0) is 9.53 Å². The van der Waals surface area contributed by atoms with Gasteiger partial charge in [-0.05, 0) is 57.9 Å². The summed E-state index contributed by atoms with van der Waals surface area (Å²) in [6.45, 7) is 6.73. The first-order chi connectivity index (χ1) is 12.5. The van der Waals surface area contributed by atoms with Crippen LogP contribution in [0, 0.1) is 25.7 Å². The summed E-state index contributed by atoms with van der Waals surface area (Å²) in [4.78, 5) is 23.9. The van der Waals surface area contributed by atoms with Crippen LogP contribution in [-0.4, -0.2) is 48.7 Å². The number of rotatable bonds is 5. The molecule has 6 heteroatoms. The third-order valence-electron chi connectivity index (χ3n) is 5.76. The van der Waals surface area contributed by atoms with Gasteiger partial charge >= 0.3 is 0 Å². The van der Waals surface area contributed by atoms with Crippen molar-refractivity contribution < 1.29 is 9.53 Å². The van der Waals surface area contributed by atoms with E-state index in [1.54, 1.807) is 7.11 Å². The number of nitrogens with one attached hydrogen (secondary N) is 1. The molecule has 2 atom stereocenters. The molecular weight excluding hydrogens is 328 g/mol. The van der Waals surface area contributed by atoms with Crippen LogP contribution in [0.15, 0.2) is 6.07 Å². The van der Waals surface area contributed by atoms with Crippen LogP contribution in [0.3, 0.4) is 0 Å². The van der Waals surface area contributed by atoms with E-state index >= 15 is 0 Å². The monoisotopic (exact) mass is 360 g/mol. The number of carbonyl (C=O) groups excluding carboxylic acids is 1. The molecule has 26 heavy (non-hydrogen) atoms. The first-order valence-corrected chi connectivity index (χ1v) is 9.93. The maximum absolute atomic E-state index is 12.5. The first kappa shape index (κ1) is 19.1. The van der Waals surface area contributed by atoms with Crippen molar-refractivity contribution in [1.82, 2.24) is 15.3 Å². The van der Waals surface area contributed by atoms with Gasteiger partial charge in [0.2, 0.25) is 11.9 Å². The van der Waals surface area contributed by atoms with Gasteiger partial charge < -0.3 is 15.0 Å². The van der Waals surface area contributed by atoms with Gasteiger partial charge in [-0.2, -0.15) is 0 Å². The number of hydrogen-bond acceptors (Lipinski definition) is 5. The number of ether oxygens (including phenoxy) is 1. The fraction of sp³-hybridized carbons (Fsp3) is 0.750. The fourth-order valence-corrected chi connectivity index (χ4v) is 4.17. The number of carbonyl (C=O) groups is 1. The molecule has 0 bridgehead atoms. The van der Waals surface area contributed by atoms with Gasteiger partial charge in [0.15, 0.2) is 0 Å². The van der Waals surface area contributed by atoms with Crippen molar-refractivity contribution in [2.75, 3.05) is 31.6 Å². The zero-order valence-electron chi connectivity index (χ0n) is 16.3. The summed E-state index contributed by atoms with van der Waals surface area (Å²) in [5.74, 6) is 1.73. The summed E-state index contributed by atoms with van der Waals surface area (Å²) in [5.41, 5.74) is 2.03. The molecule has 0 unspecified atom stereocenters. The Bertz CT molecular complexity index is 594. The summed E-state index contributed by atoms with van der Waals surface area (Å²) in [6, 6.07) is 2.01. The number of aromatic nitrogens is 2. The lowest BCUT2D eigenvalue weighted by Crippen LogP contribution is -2.42. The predicted molar refractivity (Wildman–Crippen MR) is 102 cm³/mol. The van der Waals surface area contributed by atoms with Gasteiger partial charge in [-0.3, -0.25) is 4.79 Å². The Labute approximate surface area is 156 Å². The molecule has 0 spiro atoms. The zero-order valence-corrected chi connectivity index (χ0v) is 16.3. The van der Waals surface area contributed by atoms with Gasteiger partial charge in [0.1, 0.15) is 0 Å². The molecule has 6 nitrogen and oxygen atoms in total. The number of amides is 1. The Morgan fingerprint density at radius 2 is 1.88 bits per heavy atom. The van der Waals surface area contributed by atoms with Gasteiger partial charge in [-0.1, -0.05) is 6.42 Å². The van der Waals surface area contributed by atoms with Crippen LogP contribution < -0.4 is 10.2 Å². The Balaban J connectivity index is 1.43. The van der Waals surface area contributed by atoms with E-state index in [-0.39, 0.29) is 17.9 Å². The van der Waals surface area contributed by atoms with Crippen molar-refractivity contribution in [3.05, 3.63) is 17.5 Å². The summed E-state index contributed by atoms with van der Waals surface area (Å²) in [5, 5.41) is 3.20. The van der Waals surface area contributed by atoms with Crippen molar-refractivity contribution in [2.45, 2.75) is 58.5 Å². The molecule has 2 aliphatic rings. The van der Waals surface area contributed by atoms with E-state index in [9.17, 15) is 4.79 Å². The van der Waals surface area contributed by atoms with Gasteiger partial charge in [0.05, 0.1) is 6.10 Å². The van der Waals surface area contributed by atoms with Crippen LogP contribution in [0.4, 0.5) is 5.95 Å². The second-order valence-corrected chi connectivity index (χ2v) is 7.85. The third-order valence-corrected chi connectivity index (χ3v) is 5.76. The lowest BCUT2D eigenvalue weighted by atomic mass is 9.86. The van der Waals surface area contributed by atoms with Gasteiger partial charge in [0, 0.05) is 44.0 Å². The Hall–Kier alpha value is -1.69. The number of piperidine rings is 1. The Kier molecular flexibility index (Phi) is 6.46. The second kappa shape index (κ2) is 8.80. The topological polar surface area (TPSA) is 67.3 Å². The highest BCUT2D eigenvalue weighted by Gasteiger charge is 2.28. The van der Waals surface area contributed by atoms with Crippen molar-refractivity contribution in [3.63, 3.8) is 0 Å². The molecular formula is C20H32N4O2. The zero-order chi connectivity index (χ0) is 18.5. The lowest BCUT2D eigenvalue weighted by Gasteiger charge is -2.33.